The summed E-state index contributed by atoms with van der Waals surface area (Å²) in [6, 6.07) is 15.7. The number of benzene rings is 2. The van der Waals surface area contributed by atoms with E-state index in [9.17, 15) is 4.79 Å². The van der Waals surface area contributed by atoms with Crippen LogP contribution < -0.4 is 9.47 Å². The van der Waals surface area contributed by atoms with Crippen molar-refractivity contribution < 1.29 is 23.7 Å². The number of allylic oxidation sites excluding steroid dienone is 3. The molecule has 1 heterocycles. The third kappa shape index (κ3) is 5.77. The molecular formula is C25H26O5. The molecule has 1 aliphatic rings. The molecule has 156 valence electrons. The Balaban J connectivity index is 1.90. The van der Waals surface area contributed by atoms with E-state index >= 15 is 0 Å². The van der Waals surface area contributed by atoms with Gasteiger partial charge in [-0.05, 0) is 54.5 Å². The molecule has 0 spiro atoms. The average molecular weight is 406 g/mol. The van der Waals surface area contributed by atoms with E-state index in [0.29, 0.717) is 24.5 Å². The summed E-state index contributed by atoms with van der Waals surface area (Å²) in [5.41, 5.74) is 2.07. The highest BCUT2D eigenvalue weighted by atomic mass is 16.5. The molecule has 0 saturated carbocycles. The molecule has 1 atom stereocenters. The van der Waals surface area contributed by atoms with Gasteiger partial charge < -0.3 is 18.9 Å². The lowest BCUT2D eigenvalue weighted by Crippen LogP contribution is -2.10. The molecule has 0 aliphatic carbocycles. The summed E-state index contributed by atoms with van der Waals surface area (Å²) in [7, 11) is 3.29. The molecule has 0 N–H and O–H groups in total. The van der Waals surface area contributed by atoms with Gasteiger partial charge in [-0.1, -0.05) is 30.3 Å². The second-order valence-electron chi connectivity index (χ2n) is 6.73. The number of ether oxygens (including phenoxy) is 4. The largest absolute Gasteiger partial charge is 0.497 e. The van der Waals surface area contributed by atoms with Crippen molar-refractivity contribution in [3.63, 3.8) is 0 Å². The number of rotatable bonds is 7. The number of carbonyl (C=O) groups is 1. The fraction of sp³-hybridized carbons (Fsp3) is 0.240. The van der Waals surface area contributed by atoms with E-state index < -0.39 is 5.97 Å². The van der Waals surface area contributed by atoms with Crippen LogP contribution in [0.25, 0.3) is 6.08 Å². The van der Waals surface area contributed by atoms with Crippen LogP contribution in [0.4, 0.5) is 0 Å². The van der Waals surface area contributed by atoms with Crippen LogP contribution in [-0.2, 0) is 14.3 Å². The molecule has 5 nitrogen and oxygen atoms in total. The molecule has 1 aliphatic heterocycles. The Morgan fingerprint density at radius 2 is 1.80 bits per heavy atom. The van der Waals surface area contributed by atoms with Gasteiger partial charge in [0.25, 0.3) is 0 Å². The first-order valence-electron chi connectivity index (χ1n) is 9.84. The number of hydrogen-bond donors (Lipinski definition) is 0. The van der Waals surface area contributed by atoms with Crippen molar-refractivity contribution in [1.82, 2.24) is 0 Å². The van der Waals surface area contributed by atoms with Gasteiger partial charge in [0.05, 0.1) is 26.9 Å². The minimum absolute atomic E-state index is 0.0412. The van der Waals surface area contributed by atoms with Crippen LogP contribution in [0.5, 0.6) is 11.5 Å². The Morgan fingerprint density at radius 3 is 2.53 bits per heavy atom. The molecule has 2 aromatic rings. The predicted octanol–water partition coefficient (Wildman–Crippen LogP) is 5.25. The van der Waals surface area contributed by atoms with Crippen molar-refractivity contribution >= 4 is 12.0 Å². The van der Waals surface area contributed by atoms with Gasteiger partial charge in [-0.2, -0.15) is 0 Å². The molecule has 0 radical (unpaired) electrons. The Hall–Kier alpha value is -3.47. The maximum absolute atomic E-state index is 12.0. The van der Waals surface area contributed by atoms with Gasteiger partial charge in [-0.15, -0.1) is 0 Å². The predicted molar refractivity (Wildman–Crippen MR) is 116 cm³/mol. The third-order valence-electron chi connectivity index (χ3n) is 4.66. The van der Waals surface area contributed by atoms with Crippen molar-refractivity contribution in [2.24, 2.45) is 0 Å². The van der Waals surface area contributed by atoms with Gasteiger partial charge >= 0.3 is 5.97 Å². The Labute approximate surface area is 177 Å². The van der Waals surface area contributed by atoms with Crippen molar-refractivity contribution in [3.05, 3.63) is 89.4 Å². The summed E-state index contributed by atoms with van der Waals surface area (Å²) in [6.07, 6.45) is 7.86. The summed E-state index contributed by atoms with van der Waals surface area (Å²) < 4.78 is 21.6. The molecule has 0 bridgehead atoms. The van der Waals surface area contributed by atoms with E-state index in [1.165, 1.54) is 6.08 Å². The van der Waals surface area contributed by atoms with E-state index in [4.69, 9.17) is 18.9 Å². The Morgan fingerprint density at radius 1 is 1.07 bits per heavy atom. The smallest absolute Gasteiger partial charge is 0.334 e. The summed E-state index contributed by atoms with van der Waals surface area (Å²) in [6.45, 7) is 2.10. The van der Waals surface area contributed by atoms with Crippen molar-refractivity contribution in [3.8, 4) is 11.5 Å². The standard InChI is InChI=1S/C25H26O5/c1-4-29-25(26)17-24-16-20(19-8-6-10-22(14-19)28-3)15-23(30-24)12-11-18-7-5-9-21(13-18)27-2/h5-15,17,20H,4,16H2,1-3H3/b12-11+,24-17-/t20-/m1/s1. The van der Waals surface area contributed by atoms with Gasteiger partial charge in [-0.3, -0.25) is 0 Å². The van der Waals surface area contributed by atoms with Gasteiger partial charge in [0.15, 0.2) is 0 Å². The van der Waals surface area contributed by atoms with Gasteiger partial charge in [-0.25, -0.2) is 4.79 Å². The van der Waals surface area contributed by atoms with Crippen molar-refractivity contribution in [1.29, 1.82) is 0 Å². The topological polar surface area (TPSA) is 54.0 Å². The molecular weight excluding hydrogens is 380 g/mol. The Bertz CT molecular complexity index is 971. The summed E-state index contributed by atoms with van der Waals surface area (Å²) in [5, 5.41) is 0. The first-order chi connectivity index (χ1) is 14.6. The molecule has 0 fully saturated rings. The second kappa shape index (κ2) is 10.3. The number of carbonyl (C=O) groups excluding carboxylic acids is 1. The van der Waals surface area contributed by atoms with E-state index in [1.807, 2.05) is 66.8 Å². The molecule has 2 aromatic carbocycles. The number of hydrogen-bond acceptors (Lipinski definition) is 5. The second-order valence-corrected chi connectivity index (χ2v) is 6.73. The maximum atomic E-state index is 12.0. The first kappa shape index (κ1) is 21.2. The molecule has 0 saturated heterocycles. The molecule has 3 rings (SSSR count). The number of methoxy groups -OCH3 is 2. The normalized spacial score (nSPS) is 17.4. The van der Waals surface area contributed by atoms with E-state index in [2.05, 4.69) is 0 Å². The quantitative estimate of drug-likeness (QED) is 0.464. The summed E-state index contributed by atoms with van der Waals surface area (Å²) in [5.74, 6) is 2.43. The fourth-order valence-electron chi connectivity index (χ4n) is 3.20. The lowest BCUT2D eigenvalue weighted by atomic mass is 9.92. The zero-order valence-corrected chi connectivity index (χ0v) is 17.5. The van der Waals surface area contributed by atoms with Crippen LogP contribution in [0.2, 0.25) is 0 Å². The number of esters is 1. The van der Waals surface area contributed by atoms with Crippen LogP contribution >= 0.6 is 0 Å². The minimum atomic E-state index is -0.407. The zero-order valence-electron chi connectivity index (χ0n) is 17.5. The van der Waals surface area contributed by atoms with Crippen LogP contribution in [0.3, 0.4) is 0 Å². The lowest BCUT2D eigenvalue weighted by Gasteiger charge is -2.23. The molecule has 0 amide bonds. The third-order valence-corrected chi connectivity index (χ3v) is 4.66. The van der Waals surface area contributed by atoms with Crippen LogP contribution in [-0.4, -0.2) is 26.8 Å². The SMILES string of the molecule is CCOC(=O)/C=C1/C[C@H](c2cccc(OC)c2)C=C(/C=C/c2cccc(OC)c2)O1. The monoisotopic (exact) mass is 406 g/mol. The van der Waals surface area contributed by atoms with E-state index in [0.717, 1.165) is 22.6 Å². The van der Waals surface area contributed by atoms with E-state index in [-0.39, 0.29) is 5.92 Å². The average Bonchev–Trinajstić information content (AvgIpc) is 2.78. The molecule has 30 heavy (non-hydrogen) atoms. The van der Waals surface area contributed by atoms with E-state index in [1.54, 1.807) is 21.1 Å². The molecule has 5 heteroatoms. The minimum Gasteiger partial charge on any atom is -0.497 e. The van der Waals surface area contributed by atoms with Gasteiger partial charge in [0, 0.05) is 12.3 Å². The molecule has 0 aromatic heterocycles. The van der Waals surface area contributed by atoms with Crippen LogP contribution in [0, 0.1) is 0 Å². The zero-order chi connectivity index (χ0) is 21.3. The van der Waals surface area contributed by atoms with Gasteiger partial charge in [0.2, 0.25) is 0 Å². The maximum Gasteiger partial charge on any atom is 0.334 e. The highest BCUT2D eigenvalue weighted by Gasteiger charge is 2.21. The van der Waals surface area contributed by atoms with Crippen LogP contribution in [0.1, 0.15) is 30.4 Å². The highest BCUT2D eigenvalue weighted by Crippen LogP contribution is 2.34. The molecule has 0 unspecified atom stereocenters. The van der Waals surface area contributed by atoms with Crippen LogP contribution in [0.15, 0.2) is 78.3 Å². The summed E-state index contributed by atoms with van der Waals surface area (Å²) >= 11 is 0. The highest BCUT2D eigenvalue weighted by molar-refractivity contribution is 5.82. The fourth-order valence-corrected chi connectivity index (χ4v) is 3.20. The lowest BCUT2D eigenvalue weighted by molar-refractivity contribution is -0.137. The first-order valence-corrected chi connectivity index (χ1v) is 9.84. The summed E-state index contributed by atoms with van der Waals surface area (Å²) in [4.78, 5) is 12.0. The van der Waals surface area contributed by atoms with Gasteiger partial charge in [0.1, 0.15) is 23.0 Å². The van der Waals surface area contributed by atoms with Crippen molar-refractivity contribution in [2.45, 2.75) is 19.3 Å². The Kier molecular flexibility index (Phi) is 7.33. The van der Waals surface area contributed by atoms with Crippen molar-refractivity contribution in [2.75, 3.05) is 20.8 Å².